The first-order chi connectivity index (χ1) is 13.8. The highest BCUT2D eigenvalue weighted by molar-refractivity contribution is 5.28. The molecule has 0 radical (unpaired) electrons. The summed E-state index contributed by atoms with van der Waals surface area (Å²) in [6.45, 7) is 2.94. The number of aliphatic hydroxyl groups is 1. The van der Waals surface area contributed by atoms with E-state index in [1.807, 2.05) is 6.07 Å². The minimum atomic E-state index is -0.0707. The van der Waals surface area contributed by atoms with Crippen LogP contribution < -0.4 is 4.74 Å². The zero-order valence-corrected chi connectivity index (χ0v) is 17.8. The smallest absolute Gasteiger partial charge is 0.119 e. The zero-order valence-electron chi connectivity index (χ0n) is 17.8. The quantitative estimate of drug-likeness (QED) is 0.245. The Morgan fingerprint density at radius 1 is 1.00 bits per heavy atom. The van der Waals surface area contributed by atoms with Gasteiger partial charge in [0.2, 0.25) is 0 Å². The van der Waals surface area contributed by atoms with E-state index >= 15 is 0 Å². The van der Waals surface area contributed by atoms with Crippen molar-refractivity contribution in [2.45, 2.75) is 90.1 Å². The number of ether oxygens (including phenoxy) is 1. The molecule has 1 fully saturated rings. The molecule has 156 valence electrons. The van der Waals surface area contributed by atoms with E-state index in [1.165, 1.54) is 56.9 Å². The van der Waals surface area contributed by atoms with Crippen LogP contribution in [-0.2, 0) is 6.42 Å². The third-order valence-corrected chi connectivity index (χ3v) is 5.44. The first kappa shape index (κ1) is 22.7. The number of unbranched alkanes of at least 4 members (excludes halogenated alkanes) is 6. The average Bonchev–Trinajstić information content (AvgIpc) is 3.41. The Balaban J connectivity index is 1.44. The van der Waals surface area contributed by atoms with Crippen LogP contribution in [0.3, 0.4) is 0 Å². The fraction of sp³-hybridized carbons (Fsp3) is 0.615. The van der Waals surface area contributed by atoms with Crippen molar-refractivity contribution in [3.05, 3.63) is 54.1 Å². The standard InChI is InChI=1S/C26H40O2/c1-2-3-4-5-6-7-8-9-10-11-12-13-14-16-23-17-15-18-25(21-23)28-20-19-24-22-26(24)27/h4-5,7-8,15,17-18,21,24,26-27H,2-3,6,9-14,16,19-20,22H2,1H3/b5-4+,8-7+. The topological polar surface area (TPSA) is 29.5 Å². The summed E-state index contributed by atoms with van der Waals surface area (Å²) < 4.78 is 5.84. The fourth-order valence-electron chi connectivity index (χ4n) is 3.46. The number of hydrogen-bond acceptors (Lipinski definition) is 2. The molecule has 2 unspecified atom stereocenters. The van der Waals surface area contributed by atoms with E-state index in [-0.39, 0.29) is 6.10 Å². The van der Waals surface area contributed by atoms with E-state index in [0.29, 0.717) is 12.5 Å². The summed E-state index contributed by atoms with van der Waals surface area (Å²) in [6.07, 6.45) is 23.5. The van der Waals surface area contributed by atoms with Gasteiger partial charge in [-0.15, -0.1) is 0 Å². The van der Waals surface area contributed by atoms with Crippen LogP contribution in [0, 0.1) is 5.92 Å². The van der Waals surface area contributed by atoms with Crippen molar-refractivity contribution in [3.8, 4) is 5.75 Å². The lowest BCUT2D eigenvalue weighted by Gasteiger charge is -2.08. The second-order valence-electron chi connectivity index (χ2n) is 8.12. The second kappa shape index (κ2) is 14.5. The molecule has 1 aromatic carbocycles. The first-order valence-corrected chi connectivity index (χ1v) is 11.5. The van der Waals surface area contributed by atoms with Gasteiger partial charge in [0.15, 0.2) is 0 Å². The predicted molar refractivity (Wildman–Crippen MR) is 120 cm³/mol. The lowest BCUT2D eigenvalue weighted by molar-refractivity contribution is 0.238. The summed E-state index contributed by atoms with van der Waals surface area (Å²) in [7, 11) is 0. The zero-order chi connectivity index (χ0) is 19.9. The molecule has 0 spiro atoms. The monoisotopic (exact) mass is 384 g/mol. The molecular weight excluding hydrogens is 344 g/mol. The third-order valence-electron chi connectivity index (χ3n) is 5.44. The molecule has 0 aromatic heterocycles. The molecule has 0 saturated heterocycles. The van der Waals surface area contributed by atoms with Crippen LogP contribution in [0.5, 0.6) is 5.75 Å². The molecule has 2 heteroatoms. The maximum Gasteiger partial charge on any atom is 0.119 e. The molecule has 2 atom stereocenters. The fourth-order valence-corrected chi connectivity index (χ4v) is 3.46. The largest absolute Gasteiger partial charge is 0.494 e. The molecule has 2 nitrogen and oxygen atoms in total. The Morgan fingerprint density at radius 2 is 1.75 bits per heavy atom. The molecular formula is C26H40O2. The first-order valence-electron chi connectivity index (χ1n) is 11.5. The SMILES string of the molecule is CCC/C=C/C/C=C/CCCCCCCc1cccc(OCCC2CC2O)c1. The lowest BCUT2D eigenvalue weighted by Crippen LogP contribution is -2.00. The van der Waals surface area contributed by atoms with Crippen LogP contribution in [0.25, 0.3) is 0 Å². The summed E-state index contributed by atoms with van der Waals surface area (Å²) in [5.74, 6) is 1.45. The van der Waals surface area contributed by atoms with Crippen molar-refractivity contribution in [1.29, 1.82) is 0 Å². The number of aliphatic hydroxyl groups excluding tert-OH is 1. The Kier molecular flexibility index (Phi) is 11.7. The van der Waals surface area contributed by atoms with Crippen molar-refractivity contribution in [1.82, 2.24) is 0 Å². The van der Waals surface area contributed by atoms with Gasteiger partial charge in [-0.1, -0.05) is 69.0 Å². The Hall–Kier alpha value is -1.54. The normalized spacial score (nSPS) is 18.9. The van der Waals surface area contributed by atoms with Crippen LogP contribution in [0.1, 0.15) is 83.1 Å². The van der Waals surface area contributed by atoms with Gasteiger partial charge in [-0.25, -0.2) is 0 Å². The number of benzene rings is 1. The van der Waals surface area contributed by atoms with Gasteiger partial charge in [-0.2, -0.15) is 0 Å². The highest BCUT2D eigenvalue weighted by Crippen LogP contribution is 2.33. The third kappa shape index (κ3) is 10.7. The van der Waals surface area contributed by atoms with E-state index < -0.39 is 0 Å². The molecule has 0 amide bonds. The summed E-state index contributed by atoms with van der Waals surface area (Å²) in [6, 6.07) is 8.53. The van der Waals surface area contributed by atoms with Crippen LogP contribution >= 0.6 is 0 Å². The van der Waals surface area contributed by atoms with Gasteiger partial charge in [0.25, 0.3) is 0 Å². The van der Waals surface area contributed by atoms with Crippen molar-refractivity contribution in [3.63, 3.8) is 0 Å². The molecule has 0 heterocycles. The predicted octanol–water partition coefficient (Wildman–Crippen LogP) is 7.02. The van der Waals surface area contributed by atoms with Crippen molar-refractivity contribution in [2.75, 3.05) is 6.61 Å². The van der Waals surface area contributed by atoms with Crippen molar-refractivity contribution >= 4 is 0 Å². The van der Waals surface area contributed by atoms with E-state index in [2.05, 4.69) is 49.4 Å². The van der Waals surface area contributed by atoms with Gasteiger partial charge < -0.3 is 9.84 Å². The number of rotatable bonds is 16. The summed E-state index contributed by atoms with van der Waals surface area (Å²) >= 11 is 0. The minimum absolute atomic E-state index is 0.0707. The van der Waals surface area contributed by atoms with Gasteiger partial charge in [0.05, 0.1) is 12.7 Å². The summed E-state index contributed by atoms with van der Waals surface area (Å²) in [5.41, 5.74) is 1.38. The molecule has 1 aliphatic rings. The van der Waals surface area contributed by atoms with E-state index in [9.17, 15) is 5.11 Å². The van der Waals surface area contributed by atoms with E-state index in [1.54, 1.807) is 0 Å². The molecule has 1 aliphatic carbocycles. The Morgan fingerprint density at radius 3 is 2.54 bits per heavy atom. The maximum absolute atomic E-state index is 9.36. The molecule has 0 aliphatic heterocycles. The second-order valence-corrected chi connectivity index (χ2v) is 8.12. The number of aryl methyl sites for hydroxylation is 1. The van der Waals surface area contributed by atoms with Crippen molar-refractivity contribution < 1.29 is 9.84 Å². The average molecular weight is 385 g/mol. The number of allylic oxidation sites excluding steroid dienone is 4. The molecule has 1 N–H and O–H groups in total. The minimum Gasteiger partial charge on any atom is -0.494 e. The molecule has 0 bridgehead atoms. The summed E-state index contributed by atoms with van der Waals surface area (Å²) in [5, 5.41) is 9.36. The van der Waals surface area contributed by atoms with Gasteiger partial charge in [-0.3, -0.25) is 0 Å². The van der Waals surface area contributed by atoms with Gasteiger partial charge >= 0.3 is 0 Å². The molecule has 1 aromatic rings. The highest BCUT2D eigenvalue weighted by Gasteiger charge is 2.34. The maximum atomic E-state index is 9.36. The van der Waals surface area contributed by atoms with Crippen LogP contribution in [-0.4, -0.2) is 17.8 Å². The van der Waals surface area contributed by atoms with Crippen LogP contribution in [0.4, 0.5) is 0 Å². The molecule has 1 saturated carbocycles. The molecule has 2 rings (SSSR count). The van der Waals surface area contributed by atoms with Crippen molar-refractivity contribution in [2.24, 2.45) is 5.92 Å². The van der Waals surface area contributed by atoms with Gasteiger partial charge in [0, 0.05) is 0 Å². The number of hydrogen-bond donors (Lipinski definition) is 1. The van der Waals surface area contributed by atoms with E-state index in [0.717, 1.165) is 31.4 Å². The van der Waals surface area contributed by atoms with E-state index in [4.69, 9.17) is 4.74 Å². The van der Waals surface area contributed by atoms with Gasteiger partial charge in [0.1, 0.15) is 5.75 Å². The van der Waals surface area contributed by atoms with Gasteiger partial charge in [-0.05, 0) is 75.0 Å². The Bertz CT molecular complexity index is 576. The summed E-state index contributed by atoms with van der Waals surface area (Å²) in [4.78, 5) is 0. The van der Waals surface area contributed by atoms with Crippen LogP contribution in [0.15, 0.2) is 48.6 Å². The lowest BCUT2D eigenvalue weighted by atomic mass is 10.0. The highest BCUT2D eigenvalue weighted by atomic mass is 16.5. The molecule has 28 heavy (non-hydrogen) atoms. The Labute approximate surface area is 172 Å². The van der Waals surface area contributed by atoms with Crippen LogP contribution in [0.2, 0.25) is 0 Å².